The average Bonchev–Trinajstić information content (AvgIpc) is 2.56. The highest BCUT2D eigenvalue weighted by Gasteiger charge is 2.22. The lowest BCUT2D eigenvalue weighted by Gasteiger charge is -2.33. The molecule has 1 saturated heterocycles. The van der Waals surface area contributed by atoms with E-state index in [9.17, 15) is 4.79 Å². The Morgan fingerprint density at radius 3 is 2.43 bits per heavy atom. The molecule has 2 heterocycles. The Morgan fingerprint density at radius 2 is 1.76 bits per heavy atom. The van der Waals surface area contributed by atoms with Crippen molar-refractivity contribution in [2.75, 3.05) is 31.1 Å². The van der Waals surface area contributed by atoms with E-state index < -0.39 is 6.09 Å². The van der Waals surface area contributed by atoms with E-state index in [4.69, 9.17) is 5.11 Å². The summed E-state index contributed by atoms with van der Waals surface area (Å²) in [6, 6.07) is 11.8. The summed E-state index contributed by atoms with van der Waals surface area (Å²) in [5.41, 5.74) is 1.92. The third-order valence-corrected chi connectivity index (χ3v) is 3.55. The van der Waals surface area contributed by atoms with Crippen LogP contribution in [0, 0.1) is 0 Å². The van der Waals surface area contributed by atoms with Crippen molar-refractivity contribution in [1.29, 1.82) is 0 Å². The molecular weight excluding hydrogens is 268 g/mol. The second-order valence-corrected chi connectivity index (χ2v) is 4.86. The Morgan fingerprint density at radius 1 is 1.05 bits per heavy atom. The lowest BCUT2D eigenvalue weighted by Crippen LogP contribution is -2.48. The highest BCUT2D eigenvalue weighted by Crippen LogP contribution is 2.19. The van der Waals surface area contributed by atoms with E-state index in [1.165, 1.54) is 4.90 Å². The summed E-state index contributed by atoms with van der Waals surface area (Å²) in [6.07, 6.45) is 0.877. The lowest BCUT2D eigenvalue weighted by atomic mass is 10.1. The van der Waals surface area contributed by atoms with E-state index in [2.05, 4.69) is 9.97 Å². The van der Waals surface area contributed by atoms with Gasteiger partial charge < -0.3 is 14.9 Å². The summed E-state index contributed by atoms with van der Waals surface area (Å²) in [7, 11) is 0. The monoisotopic (exact) mass is 284 g/mol. The van der Waals surface area contributed by atoms with Crippen LogP contribution < -0.4 is 4.90 Å². The number of anilines is 1. The number of carboxylic acid groups (broad SMARTS) is 1. The van der Waals surface area contributed by atoms with E-state index in [0.717, 1.165) is 11.3 Å². The van der Waals surface area contributed by atoms with Gasteiger partial charge in [-0.05, 0) is 6.07 Å². The molecule has 1 N–H and O–H groups in total. The normalized spacial score (nSPS) is 15.0. The van der Waals surface area contributed by atoms with Gasteiger partial charge in [-0.25, -0.2) is 14.8 Å². The molecule has 1 amide bonds. The van der Waals surface area contributed by atoms with Crippen LogP contribution in [0.5, 0.6) is 0 Å². The first-order valence-corrected chi connectivity index (χ1v) is 6.85. The topological polar surface area (TPSA) is 69.6 Å². The van der Waals surface area contributed by atoms with Crippen LogP contribution in [0.15, 0.2) is 42.6 Å². The predicted octanol–water partition coefficient (Wildman–Crippen LogP) is 1.94. The molecule has 1 fully saturated rings. The number of aromatic nitrogens is 2. The Hall–Kier alpha value is -2.63. The van der Waals surface area contributed by atoms with Gasteiger partial charge in [-0.1, -0.05) is 30.3 Å². The van der Waals surface area contributed by atoms with Crippen LogP contribution in [0.2, 0.25) is 0 Å². The Labute approximate surface area is 122 Å². The van der Waals surface area contributed by atoms with Crippen molar-refractivity contribution < 1.29 is 9.90 Å². The quantitative estimate of drug-likeness (QED) is 0.912. The largest absolute Gasteiger partial charge is 0.465 e. The molecule has 0 radical (unpaired) electrons. The maximum Gasteiger partial charge on any atom is 0.407 e. The molecular formula is C15H16N4O2. The van der Waals surface area contributed by atoms with E-state index in [1.807, 2.05) is 41.3 Å². The number of carbonyl (C=O) groups is 1. The summed E-state index contributed by atoms with van der Waals surface area (Å²) in [5.74, 6) is 0.654. The highest BCUT2D eigenvalue weighted by molar-refractivity contribution is 5.65. The molecule has 6 heteroatoms. The molecule has 0 bridgehead atoms. The molecule has 6 nitrogen and oxygen atoms in total. The number of nitrogens with zero attached hydrogens (tertiary/aromatic N) is 4. The maximum atomic E-state index is 10.9. The lowest BCUT2D eigenvalue weighted by molar-refractivity contribution is 0.142. The van der Waals surface area contributed by atoms with Gasteiger partial charge in [0.15, 0.2) is 0 Å². The number of hydrogen-bond acceptors (Lipinski definition) is 4. The van der Waals surface area contributed by atoms with Gasteiger partial charge in [-0.3, -0.25) is 0 Å². The third kappa shape index (κ3) is 2.94. The van der Waals surface area contributed by atoms with Crippen molar-refractivity contribution in [3.8, 4) is 11.3 Å². The van der Waals surface area contributed by atoms with Crippen LogP contribution in [-0.2, 0) is 0 Å². The van der Waals surface area contributed by atoms with Gasteiger partial charge in [0, 0.05) is 37.9 Å². The van der Waals surface area contributed by atoms with Crippen LogP contribution in [0.4, 0.5) is 10.7 Å². The van der Waals surface area contributed by atoms with Gasteiger partial charge in [0.1, 0.15) is 0 Å². The zero-order chi connectivity index (χ0) is 14.7. The number of hydrogen-bond donors (Lipinski definition) is 1. The van der Waals surface area contributed by atoms with Gasteiger partial charge in [0.05, 0.1) is 5.69 Å². The number of rotatable bonds is 2. The molecule has 0 spiro atoms. The highest BCUT2D eigenvalue weighted by atomic mass is 16.4. The van der Waals surface area contributed by atoms with Crippen LogP contribution in [-0.4, -0.2) is 52.2 Å². The van der Waals surface area contributed by atoms with Gasteiger partial charge in [-0.15, -0.1) is 0 Å². The zero-order valence-electron chi connectivity index (χ0n) is 11.5. The van der Waals surface area contributed by atoms with Crippen molar-refractivity contribution in [2.24, 2.45) is 0 Å². The number of amides is 1. The van der Waals surface area contributed by atoms with E-state index >= 15 is 0 Å². The first kappa shape index (κ1) is 13.4. The van der Waals surface area contributed by atoms with E-state index in [1.54, 1.807) is 6.20 Å². The Kier molecular flexibility index (Phi) is 3.68. The SMILES string of the molecule is O=C(O)N1CCN(c2nccc(-c3ccccc3)n2)CC1. The standard InChI is InChI=1S/C15H16N4O2/c20-15(21)19-10-8-18(9-11-19)14-16-7-6-13(17-14)12-4-2-1-3-5-12/h1-7H,8-11H2,(H,20,21). The third-order valence-electron chi connectivity index (χ3n) is 3.55. The van der Waals surface area contributed by atoms with Crippen LogP contribution >= 0.6 is 0 Å². The molecule has 0 unspecified atom stereocenters. The van der Waals surface area contributed by atoms with E-state index in [-0.39, 0.29) is 0 Å². The minimum Gasteiger partial charge on any atom is -0.465 e. The van der Waals surface area contributed by atoms with Crippen molar-refractivity contribution >= 4 is 12.0 Å². The Bertz CT molecular complexity index is 625. The molecule has 0 saturated carbocycles. The van der Waals surface area contributed by atoms with Crippen molar-refractivity contribution in [2.45, 2.75) is 0 Å². The number of benzene rings is 1. The van der Waals surface area contributed by atoms with Crippen LogP contribution in [0.25, 0.3) is 11.3 Å². The summed E-state index contributed by atoms with van der Waals surface area (Å²) in [5, 5.41) is 8.96. The van der Waals surface area contributed by atoms with Crippen molar-refractivity contribution in [1.82, 2.24) is 14.9 Å². The minimum absolute atomic E-state index is 0.480. The van der Waals surface area contributed by atoms with E-state index in [0.29, 0.717) is 32.1 Å². The summed E-state index contributed by atoms with van der Waals surface area (Å²) in [4.78, 5) is 23.2. The molecule has 3 rings (SSSR count). The molecule has 0 aliphatic carbocycles. The average molecular weight is 284 g/mol. The van der Waals surface area contributed by atoms with Gasteiger partial charge in [-0.2, -0.15) is 0 Å². The summed E-state index contributed by atoms with van der Waals surface area (Å²) in [6.45, 7) is 2.19. The molecule has 2 aromatic rings. The van der Waals surface area contributed by atoms with Crippen molar-refractivity contribution in [3.63, 3.8) is 0 Å². The molecule has 1 aliphatic rings. The smallest absolute Gasteiger partial charge is 0.407 e. The fourth-order valence-electron chi connectivity index (χ4n) is 2.37. The molecule has 108 valence electrons. The predicted molar refractivity (Wildman–Crippen MR) is 79.3 cm³/mol. The molecule has 1 aromatic carbocycles. The molecule has 0 atom stereocenters. The summed E-state index contributed by atoms with van der Waals surface area (Å²) >= 11 is 0. The van der Waals surface area contributed by atoms with Crippen LogP contribution in [0.1, 0.15) is 0 Å². The molecule has 21 heavy (non-hydrogen) atoms. The van der Waals surface area contributed by atoms with Gasteiger partial charge in [0.2, 0.25) is 5.95 Å². The number of piperazine rings is 1. The fraction of sp³-hybridized carbons (Fsp3) is 0.267. The second-order valence-electron chi connectivity index (χ2n) is 4.86. The first-order valence-electron chi connectivity index (χ1n) is 6.85. The molecule has 1 aliphatic heterocycles. The summed E-state index contributed by atoms with van der Waals surface area (Å²) < 4.78 is 0. The maximum absolute atomic E-state index is 10.9. The van der Waals surface area contributed by atoms with Gasteiger partial charge >= 0.3 is 6.09 Å². The van der Waals surface area contributed by atoms with Crippen molar-refractivity contribution in [3.05, 3.63) is 42.6 Å². The molecule has 1 aromatic heterocycles. The minimum atomic E-state index is -0.867. The van der Waals surface area contributed by atoms with Gasteiger partial charge in [0.25, 0.3) is 0 Å². The zero-order valence-corrected chi connectivity index (χ0v) is 11.5. The Balaban J connectivity index is 1.77. The fourth-order valence-corrected chi connectivity index (χ4v) is 2.37. The second kappa shape index (κ2) is 5.78. The first-order chi connectivity index (χ1) is 10.2. The van der Waals surface area contributed by atoms with Crippen LogP contribution in [0.3, 0.4) is 0 Å².